The van der Waals surface area contributed by atoms with E-state index in [1.54, 1.807) is 0 Å². The lowest BCUT2D eigenvalue weighted by Gasteiger charge is -2.43. The van der Waals surface area contributed by atoms with Crippen molar-refractivity contribution in [2.24, 2.45) is 5.73 Å². The second-order valence-corrected chi connectivity index (χ2v) is 11.3. The van der Waals surface area contributed by atoms with E-state index in [2.05, 4.69) is 74.3 Å². The standard InChI is InChI=1S/C29H45N9O/c1-5-24-29(38-13-10-31-19-21(38)3)34-28(26(33-24)27(30)39)32-22-6-7-25(20(2)18-22)37-11-8-23(9-12-37)36-16-14-35(4)15-17-36/h6-7,18,21,23,31H,5,8-17,19H2,1-4H3,(H2,30,39)(H,32,34)/t21-/m0/s1. The van der Waals surface area contributed by atoms with Gasteiger partial charge in [-0.2, -0.15) is 0 Å². The molecule has 212 valence electrons. The van der Waals surface area contributed by atoms with Crippen molar-refractivity contribution in [3.05, 3.63) is 35.2 Å². The van der Waals surface area contributed by atoms with Crippen molar-refractivity contribution in [2.45, 2.75) is 52.1 Å². The lowest BCUT2D eigenvalue weighted by Crippen LogP contribution is -2.52. The second kappa shape index (κ2) is 12.1. The normalized spacial score (nSPS) is 21.8. The first-order valence-corrected chi connectivity index (χ1v) is 14.6. The molecular weight excluding hydrogens is 490 g/mol. The molecule has 1 amide bonds. The predicted octanol–water partition coefficient (Wildman–Crippen LogP) is 2.20. The second-order valence-electron chi connectivity index (χ2n) is 11.3. The number of likely N-dealkylation sites (N-methyl/N-ethyl adjacent to an activating group) is 1. The van der Waals surface area contributed by atoms with Crippen LogP contribution in [0, 0.1) is 6.92 Å². The van der Waals surface area contributed by atoms with Gasteiger partial charge >= 0.3 is 0 Å². The lowest BCUT2D eigenvalue weighted by atomic mass is 10.0. The summed E-state index contributed by atoms with van der Waals surface area (Å²) in [5, 5.41) is 6.81. The van der Waals surface area contributed by atoms with E-state index in [-0.39, 0.29) is 11.7 Å². The van der Waals surface area contributed by atoms with Gasteiger partial charge in [0.1, 0.15) is 0 Å². The van der Waals surface area contributed by atoms with Crippen molar-refractivity contribution in [3.63, 3.8) is 0 Å². The Labute approximate surface area is 232 Å². The Morgan fingerprint density at radius 3 is 2.49 bits per heavy atom. The van der Waals surface area contributed by atoms with Crippen LogP contribution in [-0.2, 0) is 6.42 Å². The van der Waals surface area contributed by atoms with Gasteiger partial charge < -0.3 is 31.1 Å². The molecule has 3 aliphatic rings. The first kappa shape index (κ1) is 27.6. The minimum absolute atomic E-state index is 0.186. The number of aryl methyl sites for hydroxylation is 2. The topological polar surface area (TPSA) is 106 Å². The first-order valence-electron chi connectivity index (χ1n) is 14.6. The maximum absolute atomic E-state index is 12.4. The van der Waals surface area contributed by atoms with Gasteiger partial charge in [-0.15, -0.1) is 0 Å². The Hall–Kier alpha value is -2.95. The summed E-state index contributed by atoms with van der Waals surface area (Å²) in [5.41, 5.74) is 10.1. The van der Waals surface area contributed by atoms with E-state index in [1.807, 2.05) is 6.92 Å². The van der Waals surface area contributed by atoms with Crippen LogP contribution >= 0.6 is 0 Å². The highest BCUT2D eigenvalue weighted by Crippen LogP contribution is 2.31. The van der Waals surface area contributed by atoms with Crippen LogP contribution in [0.4, 0.5) is 23.0 Å². The molecule has 39 heavy (non-hydrogen) atoms. The van der Waals surface area contributed by atoms with Gasteiger partial charge in [0.15, 0.2) is 17.3 Å². The maximum Gasteiger partial charge on any atom is 0.271 e. The third-order valence-corrected chi connectivity index (χ3v) is 8.61. The molecule has 2 aromatic rings. The molecular formula is C29H45N9O. The summed E-state index contributed by atoms with van der Waals surface area (Å²) in [5.74, 6) is 0.673. The third-order valence-electron chi connectivity index (χ3n) is 8.61. The number of aromatic nitrogens is 2. The number of nitrogens with zero attached hydrogens (tertiary/aromatic N) is 6. The molecule has 0 bridgehead atoms. The number of amides is 1. The Kier molecular flexibility index (Phi) is 8.54. The highest BCUT2D eigenvalue weighted by atomic mass is 16.1. The molecule has 4 heterocycles. The molecule has 3 aliphatic heterocycles. The van der Waals surface area contributed by atoms with Gasteiger partial charge in [0.2, 0.25) is 0 Å². The fourth-order valence-electron chi connectivity index (χ4n) is 6.23. The molecule has 0 spiro atoms. The van der Waals surface area contributed by atoms with Crippen LogP contribution < -0.4 is 26.2 Å². The number of primary amides is 1. The van der Waals surface area contributed by atoms with Gasteiger partial charge in [0.05, 0.1) is 5.69 Å². The average molecular weight is 536 g/mol. The molecule has 0 saturated carbocycles. The molecule has 3 saturated heterocycles. The van der Waals surface area contributed by atoms with Crippen LogP contribution in [0.1, 0.15) is 48.4 Å². The molecule has 1 aromatic heterocycles. The van der Waals surface area contributed by atoms with E-state index in [0.29, 0.717) is 18.3 Å². The third kappa shape index (κ3) is 6.13. The Balaban J connectivity index is 1.31. The molecule has 0 radical (unpaired) electrons. The highest BCUT2D eigenvalue weighted by molar-refractivity contribution is 5.96. The number of nitrogens with two attached hydrogens (primary N) is 1. The highest BCUT2D eigenvalue weighted by Gasteiger charge is 2.28. The van der Waals surface area contributed by atoms with E-state index in [9.17, 15) is 4.79 Å². The summed E-state index contributed by atoms with van der Waals surface area (Å²) >= 11 is 0. The Morgan fingerprint density at radius 2 is 1.85 bits per heavy atom. The number of piperazine rings is 2. The quantitative estimate of drug-likeness (QED) is 0.492. The molecule has 1 atom stereocenters. The van der Waals surface area contributed by atoms with E-state index >= 15 is 0 Å². The summed E-state index contributed by atoms with van der Waals surface area (Å²) in [4.78, 5) is 31.9. The summed E-state index contributed by atoms with van der Waals surface area (Å²) in [7, 11) is 2.22. The van der Waals surface area contributed by atoms with E-state index in [0.717, 1.165) is 49.9 Å². The van der Waals surface area contributed by atoms with Crippen LogP contribution in [0.15, 0.2) is 18.2 Å². The molecule has 5 rings (SSSR count). The minimum Gasteiger partial charge on any atom is -0.371 e. The van der Waals surface area contributed by atoms with Gasteiger partial charge in [-0.25, -0.2) is 9.97 Å². The smallest absolute Gasteiger partial charge is 0.271 e. The van der Waals surface area contributed by atoms with Gasteiger partial charge in [0.25, 0.3) is 5.91 Å². The van der Waals surface area contributed by atoms with E-state index < -0.39 is 5.91 Å². The van der Waals surface area contributed by atoms with E-state index in [1.165, 1.54) is 50.3 Å². The number of nitrogens with one attached hydrogen (secondary N) is 2. The first-order chi connectivity index (χ1) is 18.8. The zero-order chi connectivity index (χ0) is 27.5. The lowest BCUT2D eigenvalue weighted by molar-refractivity contribution is 0.0982. The van der Waals surface area contributed by atoms with Crippen molar-refractivity contribution in [3.8, 4) is 0 Å². The summed E-state index contributed by atoms with van der Waals surface area (Å²) in [6.45, 7) is 15.9. The van der Waals surface area contributed by atoms with Crippen LogP contribution in [0.25, 0.3) is 0 Å². The fourth-order valence-corrected chi connectivity index (χ4v) is 6.23. The summed E-state index contributed by atoms with van der Waals surface area (Å²) < 4.78 is 0. The van der Waals surface area contributed by atoms with Crippen LogP contribution in [0.5, 0.6) is 0 Å². The maximum atomic E-state index is 12.4. The van der Waals surface area contributed by atoms with Gasteiger partial charge in [-0.05, 0) is 63.9 Å². The monoisotopic (exact) mass is 535 g/mol. The average Bonchev–Trinajstić information content (AvgIpc) is 2.94. The number of anilines is 4. The number of piperidine rings is 1. The van der Waals surface area contributed by atoms with Gasteiger partial charge in [-0.3, -0.25) is 9.69 Å². The molecule has 10 nitrogen and oxygen atoms in total. The Morgan fingerprint density at radius 1 is 1.10 bits per heavy atom. The van der Waals surface area contributed by atoms with Crippen molar-refractivity contribution in [2.75, 3.05) is 81.1 Å². The van der Waals surface area contributed by atoms with Crippen molar-refractivity contribution in [1.29, 1.82) is 0 Å². The number of benzene rings is 1. The molecule has 3 fully saturated rings. The van der Waals surface area contributed by atoms with Gasteiger partial charge in [-0.1, -0.05) is 6.92 Å². The van der Waals surface area contributed by atoms with Crippen molar-refractivity contribution < 1.29 is 4.79 Å². The molecule has 1 aromatic carbocycles. The summed E-state index contributed by atoms with van der Waals surface area (Å²) in [6, 6.07) is 7.37. The van der Waals surface area contributed by atoms with Crippen LogP contribution in [0.2, 0.25) is 0 Å². The fraction of sp³-hybridized carbons (Fsp3) is 0.621. The predicted molar refractivity (Wildman–Crippen MR) is 158 cm³/mol. The SMILES string of the molecule is CCc1nc(C(N)=O)c(Nc2ccc(N3CCC(N4CCN(C)CC4)CC3)c(C)c2)nc1N1CCNC[C@@H]1C. The zero-order valence-electron chi connectivity index (χ0n) is 24.0. The van der Waals surface area contributed by atoms with Crippen molar-refractivity contribution >= 4 is 28.9 Å². The van der Waals surface area contributed by atoms with Crippen LogP contribution in [0.3, 0.4) is 0 Å². The number of hydrogen-bond donors (Lipinski definition) is 3. The largest absolute Gasteiger partial charge is 0.371 e. The molecule has 4 N–H and O–H groups in total. The Bertz CT molecular complexity index is 1160. The minimum atomic E-state index is -0.573. The zero-order valence-corrected chi connectivity index (χ0v) is 24.0. The van der Waals surface area contributed by atoms with Crippen LogP contribution in [-0.4, -0.2) is 104 Å². The number of carbonyl (C=O) groups excluding carboxylic acids is 1. The summed E-state index contributed by atoms with van der Waals surface area (Å²) in [6.07, 6.45) is 3.09. The number of hydrogen-bond acceptors (Lipinski definition) is 9. The number of rotatable bonds is 7. The molecule has 0 unspecified atom stereocenters. The molecule has 10 heteroatoms. The van der Waals surface area contributed by atoms with Gasteiger partial charge in [0, 0.05) is 82.4 Å². The molecule has 0 aliphatic carbocycles. The van der Waals surface area contributed by atoms with E-state index in [4.69, 9.17) is 10.7 Å². The number of carbonyl (C=O) groups is 1. The van der Waals surface area contributed by atoms with Crippen molar-refractivity contribution in [1.82, 2.24) is 25.1 Å².